The molecule has 1 amide bonds. The van der Waals surface area contributed by atoms with Crippen LogP contribution in [0.4, 0.5) is 21.7 Å². The number of carbonyl (C=O) groups is 1. The van der Waals surface area contributed by atoms with Crippen LogP contribution in [0.1, 0.15) is 26.7 Å². The van der Waals surface area contributed by atoms with E-state index >= 15 is 0 Å². The monoisotopic (exact) mass is 497 g/mol. The number of nitrogens with zero attached hydrogens (tertiary/aromatic N) is 3. The zero-order valence-corrected chi connectivity index (χ0v) is 20.6. The van der Waals surface area contributed by atoms with Gasteiger partial charge >= 0.3 is 0 Å². The lowest BCUT2D eigenvalue weighted by Gasteiger charge is -2.15. The number of nitrogens with one attached hydrogen (secondary N) is 2. The number of rotatable bonds is 11. The SMILES string of the molecule is CCN(CC)CC=CC(=O)Nc1cc2cnc(Nc3ccc(F)c(Cl)c3)nc2cc1OCC1CC1. The molecule has 184 valence electrons. The lowest BCUT2D eigenvalue weighted by Crippen LogP contribution is -2.23. The Hall–Kier alpha value is -3.23. The molecule has 1 saturated carbocycles. The number of carbonyl (C=O) groups excluding carboxylic acids is 1. The maximum atomic E-state index is 13.4. The molecule has 4 rings (SSSR count). The molecule has 2 N–H and O–H groups in total. The van der Waals surface area contributed by atoms with Crippen LogP contribution in [0.15, 0.2) is 48.7 Å². The predicted octanol–water partition coefficient (Wildman–Crippen LogP) is 5.79. The van der Waals surface area contributed by atoms with Crippen molar-refractivity contribution in [2.24, 2.45) is 5.92 Å². The first-order chi connectivity index (χ1) is 16.9. The minimum Gasteiger partial charge on any atom is -0.491 e. The van der Waals surface area contributed by atoms with Crippen LogP contribution in [0.5, 0.6) is 5.75 Å². The quantitative estimate of drug-likeness (QED) is 0.326. The van der Waals surface area contributed by atoms with E-state index in [-0.39, 0.29) is 10.9 Å². The molecule has 0 unspecified atom stereocenters. The van der Waals surface area contributed by atoms with Crippen molar-refractivity contribution in [2.45, 2.75) is 26.7 Å². The fourth-order valence-electron chi connectivity index (χ4n) is 3.50. The van der Waals surface area contributed by atoms with Gasteiger partial charge in [-0.15, -0.1) is 0 Å². The highest BCUT2D eigenvalue weighted by atomic mass is 35.5. The molecule has 0 saturated heterocycles. The number of ether oxygens (including phenoxy) is 1. The highest BCUT2D eigenvalue weighted by Gasteiger charge is 2.23. The normalized spacial score (nSPS) is 13.5. The maximum absolute atomic E-state index is 13.4. The zero-order valence-electron chi connectivity index (χ0n) is 19.9. The van der Waals surface area contributed by atoms with Crippen LogP contribution in [0.3, 0.4) is 0 Å². The number of likely N-dealkylation sites (N-methyl/N-ethyl adjacent to an activating group) is 1. The van der Waals surface area contributed by atoms with Crippen molar-refractivity contribution in [1.29, 1.82) is 0 Å². The Balaban J connectivity index is 1.54. The fraction of sp³-hybridized carbons (Fsp3) is 0.346. The molecule has 0 bridgehead atoms. The van der Waals surface area contributed by atoms with E-state index in [9.17, 15) is 9.18 Å². The predicted molar refractivity (Wildman–Crippen MR) is 138 cm³/mol. The zero-order chi connectivity index (χ0) is 24.8. The van der Waals surface area contributed by atoms with Crippen molar-refractivity contribution >= 4 is 45.7 Å². The van der Waals surface area contributed by atoms with E-state index in [1.165, 1.54) is 12.1 Å². The molecule has 1 aliphatic rings. The summed E-state index contributed by atoms with van der Waals surface area (Å²) in [6.45, 7) is 7.35. The molecule has 1 aromatic heterocycles. The van der Waals surface area contributed by atoms with Gasteiger partial charge in [0.15, 0.2) is 0 Å². The summed E-state index contributed by atoms with van der Waals surface area (Å²) < 4.78 is 19.5. The molecular weight excluding hydrogens is 469 g/mol. The molecule has 0 aliphatic heterocycles. The molecule has 1 fully saturated rings. The minimum absolute atomic E-state index is 0.0121. The van der Waals surface area contributed by atoms with Crippen molar-refractivity contribution in [3.8, 4) is 5.75 Å². The summed E-state index contributed by atoms with van der Waals surface area (Å²) in [6, 6.07) is 7.93. The Labute approximate surface area is 209 Å². The van der Waals surface area contributed by atoms with Crippen molar-refractivity contribution in [1.82, 2.24) is 14.9 Å². The lowest BCUT2D eigenvalue weighted by molar-refractivity contribution is -0.111. The molecule has 9 heteroatoms. The van der Waals surface area contributed by atoms with Crippen molar-refractivity contribution in [2.75, 3.05) is 36.9 Å². The molecule has 1 heterocycles. The van der Waals surface area contributed by atoms with E-state index in [0.717, 1.165) is 31.3 Å². The molecular formula is C26H29ClFN5O2. The van der Waals surface area contributed by atoms with Crippen molar-refractivity contribution in [3.05, 3.63) is 59.5 Å². The van der Waals surface area contributed by atoms with Crippen LogP contribution in [-0.2, 0) is 4.79 Å². The van der Waals surface area contributed by atoms with E-state index in [2.05, 4.69) is 39.3 Å². The van der Waals surface area contributed by atoms with Crippen LogP contribution >= 0.6 is 11.6 Å². The van der Waals surface area contributed by atoms with E-state index in [1.54, 1.807) is 24.4 Å². The van der Waals surface area contributed by atoms with E-state index in [0.29, 0.717) is 47.7 Å². The van der Waals surface area contributed by atoms with Gasteiger partial charge in [-0.25, -0.2) is 14.4 Å². The van der Waals surface area contributed by atoms with Crippen molar-refractivity contribution in [3.63, 3.8) is 0 Å². The average molecular weight is 498 g/mol. The van der Waals surface area contributed by atoms with Gasteiger partial charge in [0, 0.05) is 36.0 Å². The second kappa shape index (κ2) is 11.5. The molecule has 35 heavy (non-hydrogen) atoms. The highest BCUT2D eigenvalue weighted by molar-refractivity contribution is 6.31. The van der Waals surface area contributed by atoms with Gasteiger partial charge in [0.25, 0.3) is 0 Å². The Kier molecular flexibility index (Phi) is 8.15. The standard InChI is InChI=1S/C26H29ClFN5O2/c1-3-33(4-2)11-5-6-25(34)31-23-12-18-15-29-26(30-19-9-10-21(28)20(27)13-19)32-22(18)14-24(23)35-16-17-7-8-17/h5-6,9-10,12-15,17H,3-4,7-8,11,16H2,1-2H3,(H,31,34)(H,29,30,32). The lowest BCUT2D eigenvalue weighted by atomic mass is 10.2. The first-order valence-electron chi connectivity index (χ1n) is 11.8. The van der Waals surface area contributed by atoms with Crippen LogP contribution < -0.4 is 15.4 Å². The van der Waals surface area contributed by atoms with Crippen LogP contribution in [0, 0.1) is 11.7 Å². The molecule has 0 radical (unpaired) electrons. The molecule has 3 aromatic rings. The molecule has 1 aliphatic carbocycles. The van der Waals surface area contributed by atoms with Gasteiger partial charge < -0.3 is 20.3 Å². The minimum atomic E-state index is -0.494. The maximum Gasteiger partial charge on any atom is 0.248 e. The third-order valence-corrected chi connectivity index (χ3v) is 6.10. The van der Waals surface area contributed by atoms with Gasteiger partial charge in [-0.05, 0) is 56.1 Å². The summed E-state index contributed by atoms with van der Waals surface area (Å²) in [5.74, 6) is 0.731. The molecule has 2 aromatic carbocycles. The number of aromatic nitrogens is 2. The molecule has 7 nitrogen and oxygen atoms in total. The number of benzene rings is 2. The van der Waals surface area contributed by atoms with Gasteiger partial charge in [-0.2, -0.15) is 0 Å². The number of amides is 1. The Bertz CT molecular complexity index is 1230. The third kappa shape index (κ3) is 6.90. The average Bonchev–Trinajstić information content (AvgIpc) is 3.67. The van der Waals surface area contributed by atoms with Gasteiger partial charge in [-0.1, -0.05) is 31.5 Å². The summed E-state index contributed by atoms with van der Waals surface area (Å²) in [4.78, 5) is 23.7. The summed E-state index contributed by atoms with van der Waals surface area (Å²) in [5.41, 5.74) is 1.79. The van der Waals surface area contributed by atoms with Crippen molar-refractivity contribution < 1.29 is 13.9 Å². The summed E-state index contributed by atoms with van der Waals surface area (Å²) in [5, 5.41) is 6.72. The number of anilines is 3. The second-order valence-electron chi connectivity index (χ2n) is 8.49. The summed E-state index contributed by atoms with van der Waals surface area (Å²) in [7, 11) is 0. The summed E-state index contributed by atoms with van der Waals surface area (Å²) in [6.07, 6.45) is 7.37. The van der Waals surface area contributed by atoms with Gasteiger partial charge in [0.05, 0.1) is 22.8 Å². The smallest absolute Gasteiger partial charge is 0.248 e. The Morgan fingerprint density at radius 1 is 1.26 bits per heavy atom. The van der Waals surface area contributed by atoms with Gasteiger partial charge in [-0.3, -0.25) is 4.79 Å². The van der Waals surface area contributed by atoms with E-state index in [1.807, 2.05) is 12.1 Å². The second-order valence-corrected chi connectivity index (χ2v) is 8.89. The first kappa shape index (κ1) is 24.9. The first-order valence-corrected chi connectivity index (χ1v) is 12.2. The number of hydrogen-bond acceptors (Lipinski definition) is 6. The fourth-order valence-corrected chi connectivity index (χ4v) is 3.68. The molecule has 0 atom stereocenters. The van der Waals surface area contributed by atoms with Gasteiger partial charge in [0.1, 0.15) is 11.6 Å². The number of halogens is 2. The van der Waals surface area contributed by atoms with E-state index < -0.39 is 5.82 Å². The van der Waals surface area contributed by atoms with E-state index in [4.69, 9.17) is 16.3 Å². The van der Waals surface area contributed by atoms with Gasteiger partial charge in [0.2, 0.25) is 11.9 Å². The number of hydrogen-bond donors (Lipinski definition) is 2. The summed E-state index contributed by atoms with van der Waals surface area (Å²) >= 11 is 5.87. The molecule has 0 spiro atoms. The Morgan fingerprint density at radius 3 is 2.77 bits per heavy atom. The van der Waals surface area contributed by atoms with Crippen LogP contribution in [-0.4, -0.2) is 47.0 Å². The third-order valence-electron chi connectivity index (χ3n) is 5.81. The topological polar surface area (TPSA) is 79.4 Å². The Morgan fingerprint density at radius 2 is 2.06 bits per heavy atom. The van der Waals surface area contributed by atoms with Crippen LogP contribution in [0.25, 0.3) is 10.9 Å². The highest BCUT2D eigenvalue weighted by Crippen LogP contribution is 2.34. The largest absolute Gasteiger partial charge is 0.491 e. The van der Waals surface area contributed by atoms with Crippen LogP contribution in [0.2, 0.25) is 5.02 Å². The number of fused-ring (bicyclic) bond motifs is 1.